The van der Waals surface area contributed by atoms with Crippen molar-refractivity contribution >= 4 is 141 Å². The van der Waals surface area contributed by atoms with Crippen molar-refractivity contribution in [2.45, 2.75) is 207 Å². The highest BCUT2D eigenvalue weighted by Crippen LogP contribution is 2.51. The van der Waals surface area contributed by atoms with Gasteiger partial charge in [0.15, 0.2) is 0 Å². The second-order valence-corrected chi connectivity index (χ2v) is 70.3. The molecule has 0 amide bonds. The van der Waals surface area contributed by atoms with Crippen LogP contribution in [0.25, 0.3) is 5.57 Å². The van der Waals surface area contributed by atoms with E-state index in [4.69, 9.17) is 57.6 Å². The standard InChI is InChI=1S/C41H104O14Si15/c1-32-33(2)35(4)38(36(5)34(32)3)37(6)39(41(10,11)40(7,8)9)61(12,13)47-63(16,17)49-65(20,21)51-67(24,25)53-69(28,29)55-70(30,31)54-68(26,27)52-66(22,23)50-64(18,19)48-62(14,15)46-60-45-59-44-58-43-57-42-56/h57-60H2,1-31,56H3. The van der Waals surface area contributed by atoms with Gasteiger partial charge in [-0.1, -0.05) is 34.6 Å². The second-order valence-electron chi connectivity index (χ2n) is 24.9. The molecule has 0 aliphatic rings. The summed E-state index contributed by atoms with van der Waals surface area (Å²) in [4.78, 5) is 0. The third-order valence-corrected chi connectivity index (χ3v) is 58.2. The monoisotopic (exact) mass is 1240 g/mol. The lowest BCUT2D eigenvalue weighted by atomic mass is 9.67. The van der Waals surface area contributed by atoms with Crippen LogP contribution in [0.1, 0.15) is 74.9 Å². The van der Waals surface area contributed by atoms with Crippen LogP contribution in [-0.4, -0.2) is 136 Å². The zero-order chi connectivity index (χ0) is 55.3. The maximum Gasteiger partial charge on any atom is 0.314 e. The van der Waals surface area contributed by atoms with E-state index in [9.17, 15) is 0 Å². The number of allylic oxidation sites excluding steroid dienone is 2. The van der Waals surface area contributed by atoms with Crippen molar-refractivity contribution < 1.29 is 57.6 Å². The molecule has 1 aromatic rings. The average Bonchev–Trinajstić information content (AvgIpc) is 3.05. The predicted octanol–water partition coefficient (Wildman–Crippen LogP) is 8.64. The quantitative estimate of drug-likeness (QED) is 0.0539. The number of hydrogen-bond acceptors (Lipinski definition) is 14. The van der Waals surface area contributed by atoms with Crippen molar-refractivity contribution in [2.75, 3.05) is 0 Å². The van der Waals surface area contributed by atoms with E-state index in [1.807, 2.05) is 13.1 Å². The lowest BCUT2D eigenvalue weighted by molar-refractivity contribution is 0.182. The summed E-state index contributed by atoms with van der Waals surface area (Å²) in [7, 11) is -30.8. The maximum atomic E-state index is 7.52. The van der Waals surface area contributed by atoms with Gasteiger partial charge in [-0.15, -0.1) is 0 Å². The van der Waals surface area contributed by atoms with Crippen molar-refractivity contribution in [1.29, 1.82) is 0 Å². The average molecular weight is 1240 g/mol. The topological polar surface area (TPSA) is 129 Å². The summed E-state index contributed by atoms with van der Waals surface area (Å²) in [6, 6.07) is 0. The van der Waals surface area contributed by atoms with Gasteiger partial charge in [0.2, 0.25) is 8.32 Å². The molecule has 0 saturated heterocycles. The molecule has 0 bridgehead atoms. The van der Waals surface area contributed by atoms with Gasteiger partial charge in [0.25, 0.3) is 40.0 Å². The lowest BCUT2D eigenvalue weighted by Gasteiger charge is -2.49. The summed E-state index contributed by atoms with van der Waals surface area (Å²) >= 11 is 0. The molecule has 1 rings (SSSR count). The van der Waals surface area contributed by atoms with Gasteiger partial charge in [-0.05, 0) is 227 Å². The van der Waals surface area contributed by atoms with Gasteiger partial charge in [-0.3, -0.25) is 0 Å². The minimum Gasteiger partial charge on any atom is -0.449 e. The summed E-state index contributed by atoms with van der Waals surface area (Å²) in [6.07, 6.45) is 0. The summed E-state index contributed by atoms with van der Waals surface area (Å²) < 4.78 is 91.1. The molecule has 0 heterocycles. The highest BCUT2D eigenvalue weighted by Gasteiger charge is 2.53. The molecule has 412 valence electrons. The van der Waals surface area contributed by atoms with Crippen LogP contribution >= 0.6 is 0 Å². The lowest BCUT2D eigenvalue weighted by Crippen LogP contribution is -2.62. The molecule has 1 aromatic carbocycles. The summed E-state index contributed by atoms with van der Waals surface area (Å²) in [5.41, 5.74) is 9.35. The van der Waals surface area contributed by atoms with Gasteiger partial charge in [-0.25, -0.2) is 0 Å². The Morgan fingerprint density at radius 3 is 0.929 bits per heavy atom. The van der Waals surface area contributed by atoms with Crippen molar-refractivity contribution in [2.24, 2.45) is 10.8 Å². The highest BCUT2D eigenvalue weighted by atomic mass is 28.5. The van der Waals surface area contributed by atoms with Crippen molar-refractivity contribution in [3.05, 3.63) is 38.6 Å². The third kappa shape index (κ3) is 22.9. The maximum absolute atomic E-state index is 7.52. The summed E-state index contributed by atoms with van der Waals surface area (Å²) in [6.45, 7) is 67.9. The highest BCUT2D eigenvalue weighted by molar-refractivity contribution is 6.94. The van der Waals surface area contributed by atoms with Gasteiger partial charge in [0.05, 0.1) is 0 Å². The van der Waals surface area contributed by atoms with Gasteiger partial charge < -0.3 is 57.6 Å². The molecule has 0 aliphatic carbocycles. The normalized spacial score (nSPS) is 16.0. The zero-order valence-electron chi connectivity index (χ0n) is 50.5. The van der Waals surface area contributed by atoms with E-state index in [0.717, 1.165) is 0 Å². The van der Waals surface area contributed by atoms with Crippen LogP contribution < -0.4 is 0 Å². The minimum atomic E-state index is -2.82. The molecule has 0 fully saturated rings. The minimum absolute atomic E-state index is 0.0225. The van der Waals surface area contributed by atoms with E-state index in [2.05, 4.69) is 194 Å². The molecule has 0 saturated carbocycles. The number of rotatable bonds is 30. The fraction of sp³-hybridized carbons (Fsp3) is 0.805. The molecule has 0 unspecified atom stereocenters. The second kappa shape index (κ2) is 25.6. The van der Waals surface area contributed by atoms with Gasteiger partial charge in [0, 0.05) is 0 Å². The van der Waals surface area contributed by atoms with Crippen LogP contribution in [0, 0.1) is 45.4 Å². The molecule has 0 aromatic heterocycles. The first-order chi connectivity index (χ1) is 30.9. The SMILES string of the molecule is CC(=C(C(C)(C)C(C)(C)C)[Si](C)(C)O[Si](C)(C)O[Si](C)(C)O[Si](C)(C)O[Si](C)(C)O[Si](C)(C)O[Si](C)(C)O[Si](C)(C)O[Si](C)(C)O[Si](C)(C)O[SiH2]O[SiH2]O[SiH2]O[SiH2]O[SiH3])c1c(C)c(C)c(C)c(C)c1C. The Hall–Kier alpha value is 1.65. The Morgan fingerprint density at radius 1 is 0.371 bits per heavy atom. The number of benzene rings is 1. The van der Waals surface area contributed by atoms with Crippen LogP contribution in [0.4, 0.5) is 0 Å². The first-order valence-corrected chi connectivity index (χ1v) is 58.5. The van der Waals surface area contributed by atoms with Gasteiger partial charge in [-0.2, -0.15) is 0 Å². The Labute approximate surface area is 452 Å². The van der Waals surface area contributed by atoms with E-state index in [0.29, 0.717) is 10.5 Å². The van der Waals surface area contributed by atoms with E-state index in [-0.39, 0.29) is 10.8 Å². The molecule has 29 heteroatoms. The van der Waals surface area contributed by atoms with E-state index >= 15 is 0 Å². The van der Waals surface area contributed by atoms with E-state index in [1.54, 1.807) is 0 Å². The Morgan fingerprint density at radius 2 is 0.629 bits per heavy atom. The fourth-order valence-corrected chi connectivity index (χ4v) is 69.8. The van der Waals surface area contributed by atoms with Crippen LogP contribution in [0.2, 0.25) is 131 Å². The van der Waals surface area contributed by atoms with Crippen LogP contribution in [0.5, 0.6) is 0 Å². The largest absolute Gasteiger partial charge is 0.449 e. The number of hydrogen-bond donors (Lipinski definition) is 0. The van der Waals surface area contributed by atoms with Crippen LogP contribution in [0.15, 0.2) is 5.20 Å². The summed E-state index contributed by atoms with van der Waals surface area (Å²) in [5, 5.41) is 1.43. The van der Waals surface area contributed by atoms with Crippen LogP contribution in [0.3, 0.4) is 0 Å². The van der Waals surface area contributed by atoms with Crippen molar-refractivity contribution in [3.63, 3.8) is 0 Å². The smallest absolute Gasteiger partial charge is 0.314 e. The van der Waals surface area contributed by atoms with Crippen LogP contribution in [-0.2, 0) is 57.6 Å². The molecule has 70 heavy (non-hydrogen) atoms. The molecule has 0 spiro atoms. The fourth-order valence-electron chi connectivity index (χ4n) is 10.3. The molecule has 0 radical (unpaired) electrons. The van der Waals surface area contributed by atoms with E-state index in [1.165, 1.54) is 44.2 Å². The Bertz CT molecular complexity index is 1890. The molecule has 0 N–H and O–H groups in total. The Balaban J connectivity index is 3.20. The van der Waals surface area contributed by atoms with Gasteiger partial charge >= 0.3 is 77.0 Å². The molecule has 14 nitrogen and oxygen atoms in total. The molecular formula is C41H104O14Si15. The summed E-state index contributed by atoms with van der Waals surface area (Å²) in [5.74, 6) is 0. The first-order valence-electron chi connectivity index (χ1n) is 24.8. The Kier molecular flexibility index (Phi) is 25.5. The molecule has 0 atom stereocenters. The first kappa shape index (κ1) is 69.7. The third-order valence-electron chi connectivity index (χ3n) is 12.3. The molecule has 0 aliphatic heterocycles. The van der Waals surface area contributed by atoms with Crippen molar-refractivity contribution in [1.82, 2.24) is 0 Å². The molecular weight excluding hydrogens is 1140 g/mol. The predicted molar refractivity (Wildman–Crippen MR) is 330 cm³/mol. The van der Waals surface area contributed by atoms with E-state index < -0.39 is 125 Å². The van der Waals surface area contributed by atoms with Crippen molar-refractivity contribution in [3.8, 4) is 0 Å². The van der Waals surface area contributed by atoms with Gasteiger partial charge in [0.1, 0.15) is 10.5 Å². The zero-order valence-corrected chi connectivity index (χ0v) is 68.2.